The summed E-state index contributed by atoms with van der Waals surface area (Å²) in [7, 11) is 0. The Morgan fingerprint density at radius 3 is 1.97 bits per heavy atom. The van der Waals surface area contributed by atoms with Crippen molar-refractivity contribution in [3.8, 4) is 22.4 Å². The summed E-state index contributed by atoms with van der Waals surface area (Å²) in [4.78, 5) is 13.2. The molecule has 0 N–H and O–H groups in total. The Morgan fingerprint density at radius 1 is 0.677 bits per heavy atom. The molecule has 0 spiro atoms. The minimum absolute atomic E-state index is 0.153. The molecule has 4 nitrogen and oxygen atoms in total. The van der Waals surface area contributed by atoms with Crippen LogP contribution in [-0.4, -0.2) is 10.2 Å². The fourth-order valence-corrected chi connectivity index (χ4v) is 3.57. The molecule has 2 heterocycles. The summed E-state index contributed by atoms with van der Waals surface area (Å²) in [6.45, 7) is 0. The van der Waals surface area contributed by atoms with Crippen molar-refractivity contribution in [3.05, 3.63) is 119 Å². The summed E-state index contributed by atoms with van der Waals surface area (Å²) in [6.07, 6.45) is 3.67. The van der Waals surface area contributed by atoms with Crippen molar-refractivity contribution in [2.75, 3.05) is 0 Å². The van der Waals surface area contributed by atoms with Gasteiger partial charge in [0.25, 0.3) is 5.71 Å². The molecule has 0 saturated heterocycles. The van der Waals surface area contributed by atoms with Gasteiger partial charge < -0.3 is 4.42 Å². The second-order valence-corrected chi connectivity index (χ2v) is 7.09. The molecule has 31 heavy (non-hydrogen) atoms. The highest BCUT2D eigenvalue weighted by molar-refractivity contribution is 5.98. The zero-order valence-electron chi connectivity index (χ0n) is 16.6. The van der Waals surface area contributed by atoms with E-state index in [1.807, 2.05) is 97.1 Å². The SMILES string of the molecule is O=c1cc(/C=C/c2ccccc2)oc2nnc(-c3ccccc3)c(-c3ccccc3)c12. The van der Waals surface area contributed by atoms with E-state index in [1.165, 1.54) is 6.07 Å². The van der Waals surface area contributed by atoms with Crippen LogP contribution < -0.4 is 5.43 Å². The third-order valence-electron chi connectivity index (χ3n) is 5.03. The maximum atomic E-state index is 13.2. The molecule has 0 amide bonds. The van der Waals surface area contributed by atoms with Gasteiger partial charge in [0.15, 0.2) is 5.43 Å². The zero-order valence-corrected chi connectivity index (χ0v) is 16.6. The molecular formula is C27H18N2O2. The van der Waals surface area contributed by atoms with Gasteiger partial charge in [-0.15, -0.1) is 10.2 Å². The molecule has 0 aliphatic carbocycles. The van der Waals surface area contributed by atoms with Gasteiger partial charge in [0, 0.05) is 17.2 Å². The summed E-state index contributed by atoms with van der Waals surface area (Å²) < 4.78 is 5.96. The van der Waals surface area contributed by atoms with Crippen LogP contribution in [0.15, 0.2) is 106 Å². The molecule has 2 aromatic heterocycles. The number of hydrogen-bond donors (Lipinski definition) is 0. The van der Waals surface area contributed by atoms with Crippen molar-refractivity contribution in [1.82, 2.24) is 10.2 Å². The summed E-state index contributed by atoms with van der Waals surface area (Å²) in [5.74, 6) is 0.433. The van der Waals surface area contributed by atoms with Crippen molar-refractivity contribution >= 4 is 23.3 Å². The van der Waals surface area contributed by atoms with Crippen LogP contribution in [0.1, 0.15) is 11.3 Å². The Hall–Kier alpha value is -4.31. The molecule has 148 valence electrons. The summed E-state index contributed by atoms with van der Waals surface area (Å²) >= 11 is 0. The van der Waals surface area contributed by atoms with Crippen LogP contribution in [0.4, 0.5) is 0 Å². The van der Waals surface area contributed by atoms with E-state index < -0.39 is 0 Å². The lowest BCUT2D eigenvalue weighted by Crippen LogP contribution is -2.06. The van der Waals surface area contributed by atoms with Crippen LogP contribution in [-0.2, 0) is 0 Å². The molecule has 3 aromatic carbocycles. The lowest BCUT2D eigenvalue weighted by molar-refractivity contribution is 0.573. The first kappa shape index (κ1) is 18.7. The van der Waals surface area contributed by atoms with Crippen LogP contribution in [0.2, 0.25) is 0 Å². The predicted octanol–water partition coefficient (Wildman–Crippen LogP) is 6.09. The lowest BCUT2D eigenvalue weighted by atomic mass is 9.97. The molecule has 4 heteroatoms. The van der Waals surface area contributed by atoms with E-state index in [2.05, 4.69) is 10.2 Å². The van der Waals surface area contributed by atoms with Crippen molar-refractivity contribution in [1.29, 1.82) is 0 Å². The van der Waals surface area contributed by atoms with Gasteiger partial charge in [-0.05, 0) is 17.2 Å². The maximum absolute atomic E-state index is 13.2. The predicted molar refractivity (Wildman–Crippen MR) is 124 cm³/mol. The normalized spacial score (nSPS) is 11.2. The van der Waals surface area contributed by atoms with E-state index in [9.17, 15) is 4.79 Å². The topological polar surface area (TPSA) is 56.0 Å². The van der Waals surface area contributed by atoms with Crippen molar-refractivity contribution < 1.29 is 4.42 Å². The standard InChI is InChI=1S/C27H18N2O2/c30-23-18-22(17-16-19-10-4-1-5-11-19)31-27-25(23)24(20-12-6-2-7-13-20)26(28-29-27)21-14-8-3-9-15-21/h1-18H/b17-16+. The lowest BCUT2D eigenvalue weighted by Gasteiger charge is -2.11. The van der Waals surface area contributed by atoms with Crippen LogP contribution in [0.3, 0.4) is 0 Å². The van der Waals surface area contributed by atoms with E-state index in [1.54, 1.807) is 6.08 Å². The van der Waals surface area contributed by atoms with Crippen molar-refractivity contribution in [3.63, 3.8) is 0 Å². The first-order chi connectivity index (χ1) is 15.3. The fourth-order valence-electron chi connectivity index (χ4n) is 3.57. The van der Waals surface area contributed by atoms with Crippen molar-refractivity contribution in [2.24, 2.45) is 0 Å². The molecule has 0 aliphatic rings. The number of rotatable bonds is 4. The monoisotopic (exact) mass is 402 g/mol. The molecule has 0 saturated carbocycles. The molecule has 0 atom stereocenters. The van der Waals surface area contributed by atoms with E-state index in [0.717, 1.165) is 22.3 Å². The first-order valence-electron chi connectivity index (χ1n) is 9.98. The summed E-state index contributed by atoms with van der Waals surface area (Å²) in [5, 5.41) is 9.14. The zero-order chi connectivity index (χ0) is 21.0. The number of aromatic nitrogens is 2. The largest absolute Gasteiger partial charge is 0.437 e. The Morgan fingerprint density at radius 2 is 1.29 bits per heavy atom. The smallest absolute Gasteiger partial charge is 0.250 e. The molecule has 0 bridgehead atoms. The van der Waals surface area contributed by atoms with E-state index in [4.69, 9.17) is 4.42 Å². The van der Waals surface area contributed by atoms with Gasteiger partial charge in [-0.3, -0.25) is 4.79 Å². The number of fused-ring (bicyclic) bond motifs is 1. The van der Waals surface area contributed by atoms with E-state index in [0.29, 0.717) is 16.8 Å². The highest BCUT2D eigenvalue weighted by atomic mass is 16.3. The molecule has 0 radical (unpaired) electrons. The Labute approximate surface area is 179 Å². The van der Waals surface area contributed by atoms with Gasteiger partial charge in [0.1, 0.15) is 11.5 Å². The number of hydrogen-bond acceptors (Lipinski definition) is 4. The van der Waals surface area contributed by atoms with E-state index in [-0.39, 0.29) is 11.1 Å². The van der Waals surface area contributed by atoms with Crippen LogP contribution in [0.5, 0.6) is 0 Å². The second-order valence-electron chi connectivity index (χ2n) is 7.09. The average molecular weight is 402 g/mol. The van der Waals surface area contributed by atoms with Crippen LogP contribution in [0, 0.1) is 0 Å². The molecule has 0 unspecified atom stereocenters. The number of nitrogens with zero attached hydrogens (tertiary/aromatic N) is 2. The van der Waals surface area contributed by atoms with Gasteiger partial charge in [0.05, 0.1) is 5.39 Å². The van der Waals surface area contributed by atoms with Crippen LogP contribution >= 0.6 is 0 Å². The van der Waals surface area contributed by atoms with Crippen LogP contribution in [0.25, 0.3) is 45.6 Å². The minimum atomic E-state index is -0.153. The molecule has 0 aliphatic heterocycles. The van der Waals surface area contributed by atoms with Gasteiger partial charge in [-0.2, -0.15) is 0 Å². The fraction of sp³-hybridized carbons (Fsp3) is 0. The quantitative estimate of drug-likeness (QED) is 0.365. The summed E-state index contributed by atoms with van der Waals surface area (Å²) in [5.41, 5.74) is 4.24. The Balaban J connectivity index is 1.72. The average Bonchev–Trinajstić information content (AvgIpc) is 2.84. The molecule has 5 aromatic rings. The Kier molecular flexibility index (Phi) is 4.95. The highest BCUT2D eigenvalue weighted by Gasteiger charge is 2.18. The van der Waals surface area contributed by atoms with Gasteiger partial charge >= 0.3 is 0 Å². The summed E-state index contributed by atoms with van der Waals surface area (Å²) in [6, 6.07) is 30.8. The third-order valence-corrected chi connectivity index (χ3v) is 5.03. The molecule has 0 fully saturated rings. The highest BCUT2D eigenvalue weighted by Crippen LogP contribution is 2.34. The maximum Gasteiger partial charge on any atom is 0.250 e. The van der Waals surface area contributed by atoms with Gasteiger partial charge in [-0.1, -0.05) is 97.1 Å². The van der Waals surface area contributed by atoms with Gasteiger partial charge in [-0.25, -0.2) is 0 Å². The Bertz CT molecular complexity index is 1420. The molecule has 5 rings (SSSR count). The number of benzene rings is 3. The third kappa shape index (κ3) is 3.79. The molecular weight excluding hydrogens is 384 g/mol. The second kappa shape index (κ2) is 8.20. The first-order valence-corrected chi connectivity index (χ1v) is 9.98. The minimum Gasteiger partial charge on any atom is -0.437 e. The van der Waals surface area contributed by atoms with Gasteiger partial charge in [0.2, 0.25) is 0 Å². The van der Waals surface area contributed by atoms with E-state index >= 15 is 0 Å². The van der Waals surface area contributed by atoms with Crippen molar-refractivity contribution in [2.45, 2.75) is 0 Å².